The highest BCUT2D eigenvalue weighted by Gasteiger charge is 2.22. The van der Waals surface area contributed by atoms with E-state index < -0.39 is 0 Å². The number of aryl methyl sites for hydroxylation is 1. The molecule has 1 aromatic rings. The highest BCUT2D eigenvalue weighted by Crippen LogP contribution is 2.28. The lowest BCUT2D eigenvalue weighted by Gasteiger charge is -2.26. The van der Waals surface area contributed by atoms with Crippen LogP contribution < -0.4 is 5.32 Å². The highest BCUT2D eigenvalue weighted by molar-refractivity contribution is 5.08. The van der Waals surface area contributed by atoms with Gasteiger partial charge in [0.25, 0.3) is 0 Å². The van der Waals surface area contributed by atoms with Crippen LogP contribution in [0.1, 0.15) is 51.3 Å². The maximum Gasteiger partial charge on any atom is 0.0553 e. The molecule has 0 aromatic carbocycles. The van der Waals surface area contributed by atoms with Crippen LogP contribution in [0.3, 0.4) is 0 Å². The van der Waals surface area contributed by atoms with Gasteiger partial charge in [0.2, 0.25) is 0 Å². The van der Waals surface area contributed by atoms with Gasteiger partial charge in [0.1, 0.15) is 0 Å². The number of aromatic nitrogens is 2. The van der Waals surface area contributed by atoms with E-state index in [4.69, 9.17) is 0 Å². The van der Waals surface area contributed by atoms with E-state index in [-0.39, 0.29) is 0 Å². The first-order valence-corrected chi connectivity index (χ1v) is 6.39. The van der Waals surface area contributed by atoms with E-state index in [1.165, 1.54) is 31.4 Å². The second-order valence-corrected chi connectivity index (χ2v) is 4.48. The summed E-state index contributed by atoms with van der Waals surface area (Å²) in [7, 11) is 4.07. The van der Waals surface area contributed by atoms with Crippen LogP contribution in [0.5, 0.6) is 0 Å². The van der Waals surface area contributed by atoms with Crippen LogP contribution in [0.15, 0.2) is 12.3 Å². The van der Waals surface area contributed by atoms with Crippen LogP contribution in [0, 0.1) is 5.92 Å². The molecule has 0 bridgehead atoms. The summed E-state index contributed by atoms with van der Waals surface area (Å²) in [5, 5.41) is 7.72. The number of nitrogens with zero attached hydrogens (tertiary/aromatic N) is 2. The fourth-order valence-electron chi connectivity index (χ4n) is 2.53. The monoisotopic (exact) mass is 223 g/mol. The molecule has 0 aliphatic rings. The van der Waals surface area contributed by atoms with Crippen molar-refractivity contribution >= 4 is 0 Å². The molecule has 0 radical (unpaired) electrons. The minimum absolute atomic E-state index is 0.437. The molecule has 0 amide bonds. The van der Waals surface area contributed by atoms with Gasteiger partial charge in [-0.2, -0.15) is 5.10 Å². The van der Waals surface area contributed by atoms with Crippen molar-refractivity contribution in [1.29, 1.82) is 0 Å². The summed E-state index contributed by atoms with van der Waals surface area (Å²) in [6.45, 7) is 4.53. The molecule has 0 fully saturated rings. The minimum atomic E-state index is 0.437. The van der Waals surface area contributed by atoms with Gasteiger partial charge in [-0.05, 0) is 31.9 Å². The first-order valence-electron chi connectivity index (χ1n) is 6.39. The topological polar surface area (TPSA) is 29.9 Å². The molecule has 0 aliphatic heterocycles. The molecule has 1 heterocycles. The Morgan fingerprint density at radius 2 is 1.94 bits per heavy atom. The zero-order valence-corrected chi connectivity index (χ0v) is 11.0. The molecule has 0 saturated heterocycles. The Kier molecular flexibility index (Phi) is 5.53. The Morgan fingerprint density at radius 3 is 2.31 bits per heavy atom. The molecule has 1 rings (SSSR count). The van der Waals surface area contributed by atoms with Crippen LogP contribution in [0.2, 0.25) is 0 Å². The normalized spacial score (nSPS) is 13.3. The quantitative estimate of drug-likeness (QED) is 0.770. The second-order valence-electron chi connectivity index (χ2n) is 4.48. The number of rotatable bonds is 7. The largest absolute Gasteiger partial charge is 0.311 e. The molecule has 1 unspecified atom stereocenters. The van der Waals surface area contributed by atoms with Gasteiger partial charge < -0.3 is 5.32 Å². The van der Waals surface area contributed by atoms with Gasteiger partial charge >= 0.3 is 0 Å². The Balaban J connectivity index is 2.81. The van der Waals surface area contributed by atoms with Crippen molar-refractivity contribution in [2.24, 2.45) is 13.0 Å². The lowest BCUT2D eigenvalue weighted by atomic mass is 9.88. The third kappa shape index (κ3) is 3.08. The van der Waals surface area contributed by atoms with Crippen LogP contribution in [0.25, 0.3) is 0 Å². The highest BCUT2D eigenvalue weighted by atomic mass is 15.3. The van der Waals surface area contributed by atoms with Gasteiger partial charge in [-0.15, -0.1) is 0 Å². The average Bonchev–Trinajstić information content (AvgIpc) is 2.67. The van der Waals surface area contributed by atoms with Crippen molar-refractivity contribution in [3.05, 3.63) is 18.0 Å². The van der Waals surface area contributed by atoms with Gasteiger partial charge in [-0.3, -0.25) is 4.68 Å². The molecule has 0 aliphatic carbocycles. The predicted molar refractivity (Wildman–Crippen MR) is 68.3 cm³/mol. The van der Waals surface area contributed by atoms with Crippen LogP contribution in [-0.2, 0) is 7.05 Å². The lowest BCUT2D eigenvalue weighted by Crippen LogP contribution is -2.27. The fraction of sp³-hybridized carbons (Fsp3) is 0.769. The first kappa shape index (κ1) is 13.2. The summed E-state index contributed by atoms with van der Waals surface area (Å²) in [4.78, 5) is 0. The van der Waals surface area contributed by atoms with E-state index in [9.17, 15) is 0 Å². The second kappa shape index (κ2) is 6.69. The van der Waals surface area contributed by atoms with E-state index in [1.807, 2.05) is 17.9 Å². The summed E-state index contributed by atoms with van der Waals surface area (Å²) in [6.07, 6.45) is 6.95. The van der Waals surface area contributed by atoms with E-state index in [1.54, 1.807) is 0 Å². The summed E-state index contributed by atoms with van der Waals surface area (Å²) in [6, 6.07) is 2.56. The number of hydrogen-bond acceptors (Lipinski definition) is 2. The predicted octanol–water partition coefficient (Wildman–Crippen LogP) is 2.90. The molecule has 3 nitrogen and oxygen atoms in total. The zero-order chi connectivity index (χ0) is 12.0. The maximum absolute atomic E-state index is 4.26. The molecule has 1 atom stereocenters. The summed E-state index contributed by atoms with van der Waals surface area (Å²) >= 11 is 0. The molecule has 92 valence electrons. The van der Waals surface area contributed by atoms with Crippen molar-refractivity contribution in [1.82, 2.24) is 15.1 Å². The van der Waals surface area contributed by atoms with E-state index >= 15 is 0 Å². The van der Waals surface area contributed by atoms with Crippen molar-refractivity contribution in [3.8, 4) is 0 Å². The number of hydrogen-bond donors (Lipinski definition) is 1. The van der Waals surface area contributed by atoms with Gasteiger partial charge in [-0.25, -0.2) is 0 Å². The lowest BCUT2D eigenvalue weighted by molar-refractivity contribution is 0.318. The summed E-state index contributed by atoms with van der Waals surface area (Å²) in [5.41, 5.74) is 1.30. The zero-order valence-electron chi connectivity index (χ0n) is 11.0. The third-order valence-corrected chi connectivity index (χ3v) is 3.28. The first-order chi connectivity index (χ1) is 7.74. The van der Waals surface area contributed by atoms with Gasteiger partial charge in [-0.1, -0.05) is 26.7 Å². The van der Waals surface area contributed by atoms with E-state index in [0.29, 0.717) is 6.04 Å². The third-order valence-electron chi connectivity index (χ3n) is 3.28. The van der Waals surface area contributed by atoms with Crippen LogP contribution in [0.4, 0.5) is 0 Å². The van der Waals surface area contributed by atoms with Gasteiger partial charge in [0.15, 0.2) is 0 Å². The van der Waals surface area contributed by atoms with Crippen molar-refractivity contribution in [2.75, 3.05) is 7.05 Å². The molecular formula is C13H25N3. The summed E-state index contributed by atoms with van der Waals surface area (Å²) < 4.78 is 1.99. The van der Waals surface area contributed by atoms with Crippen LogP contribution in [-0.4, -0.2) is 16.8 Å². The van der Waals surface area contributed by atoms with E-state index in [2.05, 4.69) is 37.4 Å². The minimum Gasteiger partial charge on any atom is -0.311 e. The molecule has 0 spiro atoms. The van der Waals surface area contributed by atoms with Crippen molar-refractivity contribution < 1.29 is 0 Å². The average molecular weight is 223 g/mol. The molecule has 3 heteroatoms. The molecule has 16 heavy (non-hydrogen) atoms. The number of nitrogens with one attached hydrogen (secondary N) is 1. The Bertz CT molecular complexity index is 287. The smallest absolute Gasteiger partial charge is 0.0553 e. The molecule has 1 aromatic heterocycles. The molecule has 1 N–H and O–H groups in total. The van der Waals surface area contributed by atoms with Gasteiger partial charge in [0.05, 0.1) is 11.7 Å². The van der Waals surface area contributed by atoms with Gasteiger partial charge in [0, 0.05) is 13.2 Å². The fourth-order valence-corrected chi connectivity index (χ4v) is 2.53. The van der Waals surface area contributed by atoms with Crippen LogP contribution >= 0.6 is 0 Å². The van der Waals surface area contributed by atoms with Crippen molar-refractivity contribution in [3.63, 3.8) is 0 Å². The standard InChI is InChI=1S/C13H25N3/c1-5-7-11(8-6-2)13(14-3)12-9-10-15-16(12)4/h9-11,13-14H,5-8H2,1-4H3. The summed E-state index contributed by atoms with van der Waals surface area (Å²) in [5.74, 6) is 0.718. The molecule has 0 saturated carbocycles. The maximum atomic E-state index is 4.26. The Hall–Kier alpha value is -0.830. The Morgan fingerprint density at radius 1 is 1.31 bits per heavy atom. The Labute approximate surface area is 99.2 Å². The van der Waals surface area contributed by atoms with E-state index in [0.717, 1.165) is 5.92 Å². The molecular weight excluding hydrogens is 198 g/mol. The van der Waals surface area contributed by atoms with Crippen molar-refractivity contribution in [2.45, 2.75) is 45.6 Å². The SMILES string of the molecule is CCCC(CCC)C(NC)c1ccnn1C.